The van der Waals surface area contributed by atoms with Crippen molar-refractivity contribution >= 4 is 0 Å². The minimum absolute atomic E-state index is 0.494. The smallest absolute Gasteiger partial charge is 0.138 e. The van der Waals surface area contributed by atoms with E-state index < -0.39 is 0 Å². The summed E-state index contributed by atoms with van der Waals surface area (Å²) in [6.45, 7) is 2.32. The molecule has 0 amide bonds. The Bertz CT molecular complexity index is 252. The largest absolute Gasteiger partial charge is 0.488 e. The average Bonchev–Trinajstić information content (AvgIpc) is 2.05. The number of nitrogens with two attached hydrogens (primary N) is 1. The summed E-state index contributed by atoms with van der Waals surface area (Å²) < 4.78 is 5.30. The van der Waals surface area contributed by atoms with Crippen LogP contribution in [-0.2, 0) is 0 Å². The molecule has 1 heterocycles. The lowest BCUT2D eigenvalue weighted by atomic mass is 10.4. The first-order chi connectivity index (χ1) is 5.79. The molecule has 1 aromatic heterocycles. The SMILES string of the molecule is C/C(N)=C\COc1cccnc1. The summed E-state index contributed by atoms with van der Waals surface area (Å²) >= 11 is 0. The van der Waals surface area contributed by atoms with Crippen molar-refractivity contribution in [1.82, 2.24) is 4.98 Å². The van der Waals surface area contributed by atoms with Gasteiger partial charge in [-0.1, -0.05) is 0 Å². The second-order valence-corrected chi connectivity index (χ2v) is 2.45. The quantitative estimate of drug-likeness (QED) is 0.733. The molecule has 1 rings (SSSR count). The zero-order valence-electron chi connectivity index (χ0n) is 7.03. The molecule has 3 heteroatoms. The Labute approximate surface area is 71.9 Å². The van der Waals surface area contributed by atoms with Crippen molar-refractivity contribution in [2.24, 2.45) is 5.73 Å². The summed E-state index contributed by atoms with van der Waals surface area (Å²) in [6, 6.07) is 3.68. The van der Waals surface area contributed by atoms with E-state index in [0.717, 1.165) is 11.4 Å². The molecule has 0 radical (unpaired) electrons. The summed E-state index contributed by atoms with van der Waals surface area (Å²) in [6.07, 6.45) is 5.18. The molecule has 64 valence electrons. The van der Waals surface area contributed by atoms with E-state index in [0.29, 0.717) is 6.61 Å². The first-order valence-corrected chi connectivity index (χ1v) is 3.74. The fraction of sp³-hybridized carbons (Fsp3) is 0.222. The van der Waals surface area contributed by atoms with Gasteiger partial charge in [-0.25, -0.2) is 0 Å². The van der Waals surface area contributed by atoms with Gasteiger partial charge < -0.3 is 10.5 Å². The summed E-state index contributed by atoms with van der Waals surface area (Å²) in [7, 11) is 0. The predicted molar refractivity (Wildman–Crippen MR) is 47.7 cm³/mol. The lowest BCUT2D eigenvalue weighted by molar-refractivity contribution is 0.360. The standard InChI is InChI=1S/C9H12N2O/c1-8(10)4-6-12-9-3-2-5-11-7-9/h2-5,7H,6,10H2,1H3/b8-4+. The lowest BCUT2D eigenvalue weighted by Gasteiger charge is -2.01. The van der Waals surface area contributed by atoms with Crippen molar-refractivity contribution in [2.75, 3.05) is 6.61 Å². The van der Waals surface area contributed by atoms with Gasteiger partial charge in [0.25, 0.3) is 0 Å². The first-order valence-electron chi connectivity index (χ1n) is 3.74. The number of pyridine rings is 1. The van der Waals surface area contributed by atoms with Crippen LogP contribution in [0.15, 0.2) is 36.3 Å². The number of allylic oxidation sites excluding steroid dienone is 1. The molecule has 12 heavy (non-hydrogen) atoms. The molecule has 0 spiro atoms. The maximum atomic E-state index is 5.42. The lowest BCUT2D eigenvalue weighted by Crippen LogP contribution is -1.98. The van der Waals surface area contributed by atoms with Crippen LogP contribution in [0.3, 0.4) is 0 Å². The van der Waals surface area contributed by atoms with E-state index >= 15 is 0 Å². The van der Waals surface area contributed by atoms with Crippen molar-refractivity contribution in [3.63, 3.8) is 0 Å². The molecule has 0 fully saturated rings. The highest BCUT2D eigenvalue weighted by atomic mass is 16.5. The molecule has 2 N–H and O–H groups in total. The Hall–Kier alpha value is -1.51. The number of hydrogen-bond donors (Lipinski definition) is 1. The highest BCUT2D eigenvalue weighted by molar-refractivity contribution is 5.15. The van der Waals surface area contributed by atoms with Gasteiger partial charge in [-0.15, -0.1) is 0 Å². The second-order valence-electron chi connectivity index (χ2n) is 2.45. The van der Waals surface area contributed by atoms with Crippen LogP contribution >= 0.6 is 0 Å². The molecule has 0 aliphatic heterocycles. The Morgan fingerprint density at radius 3 is 3.17 bits per heavy atom. The number of ether oxygens (including phenoxy) is 1. The van der Waals surface area contributed by atoms with Gasteiger partial charge in [0.1, 0.15) is 12.4 Å². The third-order valence-electron chi connectivity index (χ3n) is 1.29. The molecular formula is C9H12N2O. The maximum Gasteiger partial charge on any atom is 0.138 e. The fourth-order valence-corrected chi connectivity index (χ4v) is 0.702. The van der Waals surface area contributed by atoms with Crippen LogP contribution in [0.2, 0.25) is 0 Å². The third-order valence-corrected chi connectivity index (χ3v) is 1.29. The molecule has 0 aliphatic carbocycles. The zero-order valence-corrected chi connectivity index (χ0v) is 7.03. The number of nitrogens with zero attached hydrogens (tertiary/aromatic N) is 1. The van der Waals surface area contributed by atoms with E-state index in [1.807, 2.05) is 25.1 Å². The van der Waals surface area contributed by atoms with Gasteiger partial charge in [0.05, 0.1) is 6.20 Å². The average molecular weight is 164 g/mol. The van der Waals surface area contributed by atoms with Crippen LogP contribution in [0.25, 0.3) is 0 Å². The molecule has 3 nitrogen and oxygen atoms in total. The highest BCUT2D eigenvalue weighted by Gasteiger charge is 1.88. The second kappa shape index (κ2) is 4.38. The van der Waals surface area contributed by atoms with Crippen LogP contribution in [0.5, 0.6) is 5.75 Å². The molecular weight excluding hydrogens is 152 g/mol. The molecule has 0 bridgehead atoms. The fourth-order valence-electron chi connectivity index (χ4n) is 0.702. The van der Waals surface area contributed by atoms with E-state index in [1.54, 1.807) is 12.4 Å². The van der Waals surface area contributed by atoms with Gasteiger partial charge in [0, 0.05) is 11.9 Å². The Kier molecular flexibility index (Phi) is 3.14. The predicted octanol–water partition coefficient (Wildman–Crippen LogP) is 1.32. The Morgan fingerprint density at radius 1 is 1.75 bits per heavy atom. The van der Waals surface area contributed by atoms with Crippen molar-refractivity contribution in [2.45, 2.75) is 6.92 Å². The molecule has 0 aliphatic rings. The minimum atomic E-state index is 0.494. The van der Waals surface area contributed by atoms with Crippen LogP contribution in [0, 0.1) is 0 Å². The van der Waals surface area contributed by atoms with Crippen LogP contribution in [0.4, 0.5) is 0 Å². The van der Waals surface area contributed by atoms with Crippen LogP contribution in [-0.4, -0.2) is 11.6 Å². The van der Waals surface area contributed by atoms with Crippen molar-refractivity contribution in [3.05, 3.63) is 36.3 Å². The Morgan fingerprint density at radius 2 is 2.58 bits per heavy atom. The van der Waals surface area contributed by atoms with Gasteiger partial charge >= 0.3 is 0 Å². The van der Waals surface area contributed by atoms with Crippen molar-refractivity contribution < 1.29 is 4.74 Å². The normalized spacial score (nSPS) is 11.2. The minimum Gasteiger partial charge on any atom is -0.488 e. The number of rotatable bonds is 3. The van der Waals surface area contributed by atoms with E-state index in [1.165, 1.54) is 0 Å². The van der Waals surface area contributed by atoms with E-state index in [-0.39, 0.29) is 0 Å². The van der Waals surface area contributed by atoms with Crippen molar-refractivity contribution in [3.8, 4) is 5.75 Å². The molecule has 0 saturated heterocycles. The van der Waals surface area contributed by atoms with Gasteiger partial charge in [-0.05, 0) is 25.1 Å². The molecule has 1 aromatic rings. The topological polar surface area (TPSA) is 48.1 Å². The summed E-state index contributed by atoms with van der Waals surface area (Å²) in [5, 5.41) is 0. The zero-order chi connectivity index (χ0) is 8.81. The van der Waals surface area contributed by atoms with Gasteiger partial charge in [0.15, 0.2) is 0 Å². The van der Waals surface area contributed by atoms with Crippen molar-refractivity contribution in [1.29, 1.82) is 0 Å². The molecule has 0 unspecified atom stereocenters. The molecule has 0 atom stereocenters. The highest BCUT2D eigenvalue weighted by Crippen LogP contribution is 2.05. The van der Waals surface area contributed by atoms with Crippen LogP contribution < -0.4 is 10.5 Å². The van der Waals surface area contributed by atoms with E-state index in [2.05, 4.69) is 4.98 Å². The summed E-state index contributed by atoms with van der Waals surface area (Å²) in [5.41, 5.74) is 6.18. The first kappa shape index (κ1) is 8.59. The molecule has 0 saturated carbocycles. The third kappa shape index (κ3) is 3.05. The summed E-state index contributed by atoms with van der Waals surface area (Å²) in [4.78, 5) is 3.91. The van der Waals surface area contributed by atoms with Gasteiger partial charge in [0.2, 0.25) is 0 Å². The van der Waals surface area contributed by atoms with E-state index in [9.17, 15) is 0 Å². The number of aromatic nitrogens is 1. The maximum absolute atomic E-state index is 5.42. The monoisotopic (exact) mass is 164 g/mol. The molecule has 0 aromatic carbocycles. The van der Waals surface area contributed by atoms with Gasteiger partial charge in [-0.2, -0.15) is 0 Å². The van der Waals surface area contributed by atoms with E-state index in [4.69, 9.17) is 10.5 Å². The number of hydrogen-bond acceptors (Lipinski definition) is 3. The van der Waals surface area contributed by atoms with Crippen LogP contribution in [0.1, 0.15) is 6.92 Å². The summed E-state index contributed by atoms with van der Waals surface area (Å²) in [5.74, 6) is 0.759. The van der Waals surface area contributed by atoms with Gasteiger partial charge in [-0.3, -0.25) is 4.98 Å². The Balaban J connectivity index is 2.39.